The van der Waals surface area contributed by atoms with Gasteiger partial charge in [-0.3, -0.25) is 10.1 Å². The Morgan fingerprint density at radius 2 is 1.86 bits per heavy atom. The first kappa shape index (κ1) is 14.3. The Hall–Kier alpha value is -3.15. The summed E-state index contributed by atoms with van der Waals surface area (Å²) in [6.07, 6.45) is 1.24. The monoisotopic (exact) mass is 285 g/mol. The molecule has 2 rings (SSSR count). The highest BCUT2D eigenvalue weighted by atomic mass is 16.6. The fraction of sp³-hybridized carbons (Fsp3) is 0. The lowest BCUT2D eigenvalue weighted by Gasteiger charge is -2.06. The number of para-hydroxylation sites is 1. The maximum Gasteiger partial charge on any atom is 0.371 e. The molecule has 0 saturated heterocycles. The number of ether oxygens (including phenoxy) is 1. The van der Waals surface area contributed by atoms with Gasteiger partial charge < -0.3 is 9.84 Å². The summed E-state index contributed by atoms with van der Waals surface area (Å²) >= 11 is 0. The molecule has 6 nitrogen and oxygen atoms in total. The molecule has 0 aromatic heterocycles. The van der Waals surface area contributed by atoms with Gasteiger partial charge in [-0.1, -0.05) is 30.3 Å². The van der Waals surface area contributed by atoms with E-state index in [1.807, 2.05) is 0 Å². The number of nitrogens with zero attached hydrogens (tertiary/aromatic N) is 1. The van der Waals surface area contributed by atoms with Crippen LogP contribution in [-0.2, 0) is 4.79 Å². The molecular weight excluding hydrogens is 274 g/mol. The first-order chi connectivity index (χ1) is 10.1. The van der Waals surface area contributed by atoms with Gasteiger partial charge in [0.1, 0.15) is 5.75 Å². The zero-order chi connectivity index (χ0) is 15.2. The molecule has 21 heavy (non-hydrogen) atoms. The molecule has 0 saturated carbocycles. The quantitative estimate of drug-likeness (QED) is 0.394. The molecule has 2 aromatic carbocycles. The van der Waals surface area contributed by atoms with Gasteiger partial charge in [-0.15, -0.1) is 0 Å². The highest BCUT2D eigenvalue weighted by Crippen LogP contribution is 2.18. The van der Waals surface area contributed by atoms with Crippen molar-refractivity contribution >= 4 is 17.7 Å². The van der Waals surface area contributed by atoms with Crippen LogP contribution in [-0.4, -0.2) is 16.0 Å². The first-order valence-electron chi connectivity index (χ1n) is 5.98. The summed E-state index contributed by atoms with van der Waals surface area (Å²) in [7, 11) is 0. The highest BCUT2D eigenvalue weighted by Gasteiger charge is 2.12. The Morgan fingerprint density at radius 3 is 2.48 bits per heavy atom. The van der Waals surface area contributed by atoms with Crippen LogP contribution in [0.25, 0.3) is 6.08 Å². The van der Waals surface area contributed by atoms with E-state index in [1.54, 1.807) is 36.4 Å². The molecule has 0 heterocycles. The van der Waals surface area contributed by atoms with Crippen LogP contribution in [0.4, 0.5) is 5.69 Å². The average molecular weight is 285 g/mol. The smallest absolute Gasteiger partial charge is 0.371 e. The summed E-state index contributed by atoms with van der Waals surface area (Å²) in [6.45, 7) is 0. The van der Waals surface area contributed by atoms with E-state index in [-0.39, 0.29) is 11.4 Å². The van der Waals surface area contributed by atoms with Gasteiger partial charge in [0, 0.05) is 12.1 Å². The van der Waals surface area contributed by atoms with Gasteiger partial charge in [0.15, 0.2) is 0 Å². The van der Waals surface area contributed by atoms with E-state index < -0.39 is 10.9 Å². The zero-order valence-electron chi connectivity index (χ0n) is 10.8. The average Bonchev–Trinajstić information content (AvgIpc) is 2.48. The van der Waals surface area contributed by atoms with Crippen molar-refractivity contribution in [3.05, 3.63) is 76.0 Å². The third-order valence-corrected chi connectivity index (χ3v) is 2.56. The van der Waals surface area contributed by atoms with Gasteiger partial charge >= 0.3 is 5.97 Å². The highest BCUT2D eigenvalue weighted by molar-refractivity contribution is 5.90. The fourth-order valence-electron chi connectivity index (χ4n) is 1.63. The third-order valence-electron chi connectivity index (χ3n) is 2.56. The standard InChI is InChI=1S/C15H11NO5/c17-15(18)14(21-13-7-2-1-3-8-13)10-11-5-4-6-12(9-11)16(19)20/h1-10H,(H,17,18)/b14-10+. The van der Waals surface area contributed by atoms with E-state index in [9.17, 15) is 14.9 Å². The Balaban J connectivity index is 2.31. The van der Waals surface area contributed by atoms with Crippen LogP contribution in [0.5, 0.6) is 5.75 Å². The van der Waals surface area contributed by atoms with Gasteiger partial charge in [-0.05, 0) is 23.8 Å². The second-order valence-corrected chi connectivity index (χ2v) is 4.08. The van der Waals surface area contributed by atoms with E-state index in [1.165, 1.54) is 24.3 Å². The molecular formula is C15H11NO5. The molecule has 0 amide bonds. The number of rotatable bonds is 5. The number of nitro benzene ring substituents is 1. The second kappa shape index (κ2) is 6.33. The summed E-state index contributed by atoms with van der Waals surface area (Å²) in [5.74, 6) is -1.20. The number of carbonyl (C=O) groups is 1. The zero-order valence-corrected chi connectivity index (χ0v) is 10.8. The Kier molecular flexibility index (Phi) is 4.30. The maximum absolute atomic E-state index is 11.2. The van der Waals surface area contributed by atoms with Crippen LogP contribution in [0.15, 0.2) is 60.4 Å². The number of carboxylic acid groups (broad SMARTS) is 1. The maximum atomic E-state index is 11.2. The van der Waals surface area contributed by atoms with Crippen LogP contribution in [0, 0.1) is 10.1 Å². The summed E-state index contributed by atoms with van der Waals surface area (Å²) in [4.78, 5) is 21.4. The topological polar surface area (TPSA) is 89.7 Å². The van der Waals surface area contributed by atoms with Gasteiger partial charge in [-0.2, -0.15) is 0 Å². The summed E-state index contributed by atoms with van der Waals surface area (Å²) in [5, 5.41) is 19.8. The summed E-state index contributed by atoms with van der Waals surface area (Å²) in [5.41, 5.74) is 0.255. The number of hydrogen-bond acceptors (Lipinski definition) is 4. The molecule has 0 aliphatic heterocycles. The Bertz CT molecular complexity index is 694. The molecule has 0 radical (unpaired) electrons. The van der Waals surface area contributed by atoms with Crippen LogP contribution in [0.1, 0.15) is 5.56 Å². The van der Waals surface area contributed by atoms with Crippen LogP contribution >= 0.6 is 0 Å². The predicted octanol–water partition coefficient (Wildman–Crippen LogP) is 3.10. The van der Waals surface area contributed by atoms with E-state index in [4.69, 9.17) is 9.84 Å². The number of nitro groups is 1. The number of non-ortho nitro benzene ring substituents is 1. The fourth-order valence-corrected chi connectivity index (χ4v) is 1.63. The molecule has 2 aromatic rings. The molecule has 0 unspecified atom stereocenters. The molecule has 1 N–H and O–H groups in total. The minimum absolute atomic E-state index is 0.117. The lowest BCUT2D eigenvalue weighted by atomic mass is 10.2. The number of benzene rings is 2. The normalized spacial score (nSPS) is 11.0. The predicted molar refractivity (Wildman–Crippen MR) is 75.8 cm³/mol. The number of carboxylic acids is 1. The summed E-state index contributed by atoms with van der Waals surface area (Å²) in [6, 6.07) is 14.1. The van der Waals surface area contributed by atoms with E-state index in [2.05, 4.69) is 0 Å². The van der Waals surface area contributed by atoms with Gasteiger partial charge in [0.05, 0.1) is 4.92 Å². The summed E-state index contributed by atoms with van der Waals surface area (Å²) < 4.78 is 5.27. The van der Waals surface area contributed by atoms with Crippen molar-refractivity contribution in [2.24, 2.45) is 0 Å². The molecule has 6 heteroatoms. The van der Waals surface area contributed by atoms with Crippen LogP contribution < -0.4 is 4.74 Å². The molecule has 0 bridgehead atoms. The van der Waals surface area contributed by atoms with E-state index in [0.717, 1.165) is 0 Å². The molecule has 106 valence electrons. The lowest BCUT2D eigenvalue weighted by molar-refractivity contribution is -0.384. The molecule has 0 spiro atoms. The van der Waals surface area contributed by atoms with Gasteiger partial charge in [0.2, 0.25) is 5.76 Å². The van der Waals surface area contributed by atoms with Crippen LogP contribution in [0.2, 0.25) is 0 Å². The largest absolute Gasteiger partial charge is 0.475 e. The van der Waals surface area contributed by atoms with E-state index in [0.29, 0.717) is 11.3 Å². The van der Waals surface area contributed by atoms with Gasteiger partial charge in [0.25, 0.3) is 5.69 Å². The molecule has 0 atom stereocenters. The van der Waals surface area contributed by atoms with Crippen molar-refractivity contribution < 1.29 is 19.6 Å². The molecule has 0 aliphatic rings. The molecule has 0 fully saturated rings. The van der Waals surface area contributed by atoms with E-state index >= 15 is 0 Å². The number of aliphatic carboxylic acids is 1. The third kappa shape index (κ3) is 3.90. The first-order valence-corrected chi connectivity index (χ1v) is 5.98. The Morgan fingerprint density at radius 1 is 1.14 bits per heavy atom. The molecule has 0 aliphatic carbocycles. The van der Waals surface area contributed by atoms with Crippen molar-refractivity contribution in [1.29, 1.82) is 0 Å². The van der Waals surface area contributed by atoms with Crippen LogP contribution in [0.3, 0.4) is 0 Å². The van der Waals surface area contributed by atoms with Gasteiger partial charge in [-0.25, -0.2) is 4.79 Å². The van der Waals surface area contributed by atoms with Crippen molar-refractivity contribution in [2.75, 3.05) is 0 Å². The Labute approximate surface area is 120 Å². The van der Waals surface area contributed by atoms with Crippen molar-refractivity contribution in [2.45, 2.75) is 0 Å². The van der Waals surface area contributed by atoms with Crippen molar-refractivity contribution in [3.63, 3.8) is 0 Å². The SMILES string of the molecule is O=C(O)/C(=C\c1cccc([N+](=O)[O-])c1)Oc1ccccc1. The van der Waals surface area contributed by atoms with Crippen molar-refractivity contribution in [1.82, 2.24) is 0 Å². The minimum atomic E-state index is -1.26. The number of hydrogen-bond donors (Lipinski definition) is 1. The van der Waals surface area contributed by atoms with Crippen molar-refractivity contribution in [3.8, 4) is 5.75 Å². The second-order valence-electron chi connectivity index (χ2n) is 4.08. The minimum Gasteiger partial charge on any atom is -0.475 e. The lowest BCUT2D eigenvalue weighted by Crippen LogP contribution is -2.07.